The Kier molecular flexibility index (Phi) is 11.3. The molecule has 1 heterocycles. The molecule has 1 N–H and O–H groups in total. The molecular formula is C29H28Cl2F2N2O10S. The van der Waals surface area contributed by atoms with E-state index in [-0.39, 0.29) is 68.6 Å². The number of carbonyl (C=O) groups is 2. The lowest BCUT2D eigenvalue weighted by atomic mass is 10.0. The summed E-state index contributed by atoms with van der Waals surface area (Å²) >= 11 is 12.5. The maximum absolute atomic E-state index is 13.1. The normalized spacial score (nSPS) is 13.5. The Morgan fingerprint density at radius 3 is 2.39 bits per heavy atom. The number of hydrogen-bond acceptors (Lipinski definition) is 10. The molecule has 12 nitrogen and oxygen atoms in total. The van der Waals surface area contributed by atoms with Gasteiger partial charge in [-0.25, -0.2) is 18.0 Å². The summed E-state index contributed by atoms with van der Waals surface area (Å²) in [5, 5.41) is 11.7. The average Bonchev–Trinajstić information content (AvgIpc) is 3.80. The number of anilines is 1. The number of alkyl halides is 2. The van der Waals surface area contributed by atoms with E-state index in [1.165, 1.54) is 43.5 Å². The van der Waals surface area contributed by atoms with Crippen LogP contribution in [0.25, 0.3) is 0 Å². The Balaban J connectivity index is 1.57. The zero-order valence-electron chi connectivity index (χ0n) is 24.3. The number of nitrogens with one attached hydrogen (secondary N) is 1. The molecule has 3 aromatic rings. The fourth-order valence-corrected chi connectivity index (χ4v) is 5.31. The summed E-state index contributed by atoms with van der Waals surface area (Å²) in [6.45, 7) is -3.74. The average molecular weight is 706 g/mol. The van der Waals surface area contributed by atoms with E-state index in [9.17, 15) is 32.0 Å². The summed E-state index contributed by atoms with van der Waals surface area (Å²) in [4.78, 5) is 25.8. The third-order valence-electron chi connectivity index (χ3n) is 6.45. The van der Waals surface area contributed by atoms with Crippen LogP contribution in [0.1, 0.15) is 40.4 Å². The van der Waals surface area contributed by atoms with Crippen LogP contribution in [-0.4, -0.2) is 53.5 Å². The highest BCUT2D eigenvalue weighted by Crippen LogP contribution is 2.38. The van der Waals surface area contributed by atoms with E-state index in [2.05, 4.69) is 9.46 Å². The molecule has 4 rings (SSSR count). The molecule has 1 aliphatic carbocycles. The zero-order chi connectivity index (χ0) is 33.6. The molecule has 1 saturated carbocycles. The van der Waals surface area contributed by atoms with E-state index in [0.717, 1.165) is 31.5 Å². The van der Waals surface area contributed by atoms with Crippen LogP contribution in [0.15, 0.2) is 48.8 Å². The second-order valence-corrected chi connectivity index (χ2v) is 12.8. The van der Waals surface area contributed by atoms with Crippen LogP contribution in [0.2, 0.25) is 10.0 Å². The Labute approximate surface area is 272 Å². The summed E-state index contributed by atoms with van der Waals surface area (Å²) in [6, 6.07) is 7.78. The zero-order valence-corrected chi connectivity index (χ0v) is 26.7. The first-order valence-corrected chi connectivity index (χ1v) is 16.2. The van der Waals surface area contributed by atoms with Crippen LogP contribution in [0.3, 0.4) is 0 Å². The molecule has 2 aromatic carbocycles. The molecule has 0 amide bonds. The summed E-state index contributed by atoms with van der Waals surface area (Å²) in [5.41, 5.74) is 0.394. The number of carbonyl (C=O) groups excluding carboxylic acids is 2. The minimum Gasteiger partial charge on any atom is -0.619 e. The fraction of sp³-hybridized carbons (Fsp3) is 0.345. The quantitative estimate of drug-likeness (QED) is 0.129. The first kappa shape index (κ1) is 34.8. The van der Waals surface area contributed by atoms with Gasteiger partial charge in [-0.3, -0.25) is 4.72 Å². The highest BCUT2D eigenvalue weighted by molar-refractivity contribution is 7.92. The summed E-state index contributed by atoms with van der Waals surface area (Å²) in [7, 11) is -2.38. The summed E-state index contributed by atoms with van der Waals surface area (Å²) in [6.07, 6.45) is 3.52. The molecule has 1 atom stereocenters. The number of methoxy groups -OCH3 is 1. The molecule has 17 heteroatoms. The van der Waals surface area contributed by atoms with Crippen LogP contribution >= 0.6 is 23.2 Å². The van der Waals surface area contributed by atoms with Gasteiger partial charge in [0.25, 0.3) is 0 Å². The largest absolute Gasteiger partial charge is 0.619 e. The SMILES string of the molecule is COc1cc(NS(C)(=O)=O)cc(C(=O)OCC(=O)O[C@@H](Cc2c(Cl)c[n+]([O-])cc2Cl)c2ccc(OC(F)F)c(OCC3CC3)c2)c1. The third-order valence-corrected chi connectivity index (χ3v) is 7.71. The van der Waals surface area contributed by atoms with Crippen molar-refractivity contribution in [2.75, 3.05) is 31.3 Å². The Hall–Kier alpha value is -4.08. The molecule has 0 spiro atoms. The molecule has 1 fully saturated rings. The topological polar surface area (TPSA) is 153 Å². The summed E-state index contributed by atoms with van der Waals surface area (Å²) in [5.74, 6) is -1.86. The van der Waals surface area contributed by atoms with Gasteiger partial charge < -0.3 is 28.9 Å². The van der Waals surface area contributed by atoms with Crippen LogP contribution in [-0.2, 0) is 30.7 Å². The number of rotatable bonds is 15. The maximum atomic E-state index is 13.1. The maximum Gasteiger partial charge on any atom is 0.387 e. The van der Waals surface area contributed by atoms with Crippen molar-refractivity contribution in [2.45, 2.75) is 32.0 Å². The molecule has 0 aliphatic heterocycles. The lowest BCUT2D eigenvalue weighted by molar-refractivity contribution is -0.605. The van der Waals surface area contributed by atoms with Crippen LogP contribution < -0.4 is 23.7 Å². The standard InChI is InChI=1S/C29H28Cl2F2N2O10S/c1-41-20-8-18(7-19(10-20)34-46(2,39)40)28(37)43-15-27(36)44-25(11-21-22(30)12-35(38)13-23(21)31)17-5-6-24(45-29(32)33)26(9-17)42-14-16-3-4-16/h5-10,12-13,16,25,29,34H,3-4,11,14-15H2,1-2H3/t25-/m0/s1. The lowest BCUT2D eigenvalue weighted by Gasteiger charge is -2.21. The van der Waals surface area contributed by atoms with Crippen molar-refractivity contribution >= 4 is 50.9 Å². The monoisotopic (exact) mass is 704 g/mol. The van der Waals surface area contributed by atoms with E-state index in [0.29, 0.717) is 4.73 Å². The van der Waals surface area contributed by atoms with Crippen LogP contribution in [0, 0.1) is 11.1 Å². The highest BCUT2D eigenvalue weighted by Gasteiger charge is 2.27. The molecule has 1 aromatic heterocycles. The van der Waals surface area contributed by atoms with Crippen molar-refractivity contribution in [1.29, 1.82) is 0 Å². The van der Waals surface area contributed by atoms with Gasteiger partial charge in [0.1, 0.15) is 21.9 Å². The second-order valence-electron chi connectivity index (χ2n) is 10.2. The Morgan fingerprint density at radius 2 is 1.78 bits per heavy atom. The minimum atomic E-state index is -3.68. The van der Waals surface area contributed by atoms with Gasteiger partial charge in [0.05, 0.1) is 31.2 Å². The van der Waals surface area contributed by atoms with Crippen molar-refractivity contribution in [3.63, 3.8) is 0 Å². The van der Waals surface area contributed by atoms with Gasteiger partial charge in [-0.05, 0) is 48.6 Å². The fourth-order valence-electron chi connectivity index (χ4n) is 4.17. The lowest BCUT2D eigenvalue weighted by Crippen LogP contribution is -2.26. The van der Waals surface area contributed by atoms with E-state index < -0.39 is 41.3 Å². The number of nitrogens with zero attached hydrogens (tertiary/aromatic N) is 1. The van der Waals surface area contributed by atoms with Crippen LogP contribution in [0.5, 0.6) is 17.2 Å². The smallest absolute Gasteiger partial charge is 0.387 e. The molecule has 1 aliphatic rings. The van der Waals surface area contributed by atoms with Gasteiger partial charge >= 0.3 is 18.6 Å². The van der Waals surface area contributed by atoms with Gasteiger partial charge in [-0.2, -0.15) is 13.5 Å². The van der Waals surface area contributed by atoms with Gasteiger partial charge in [0, 0.05) is 18.1 Å². The van der Waals surface area contributed by atoms with Crippen molar-refractivity contribution < 1.29 is 55.2 Å². The van der Waals surface area contributed by atoms with Gasteiger partial charge in [0.15, 0.2) is 30.5 Å². The number of ether oxygens (including phenoxy) is 5. The minimum absolute atomic E-state index is 0.0173. The number of hydrogen-bond donors (Lipinski definition) is 1. The van der Waals surface area contributed by atoms with E-state index in [1.807, 2.05) is 0 Å². The second kappa shape index (κ2) is 15.0. The molecular weight excluding hydrogens is 677 g/mol. The number of pyridine rings is 1. The van der Waals surface area contributed by atoms with Crippen LogP contribution in [0.4, 0.5) is 14.5 Å². The first-order valence-electron chi connectivity index (χ1n) is 13.5. The predicted molar refractivity (Wildman–Crippen MR) is 161 cm³/mol. The predicted octanol–water partition coefficient (Wildman–Crippen LogP) is 5.08. The molecule has 0 radical (unpaired) electrons. The first-order chi connectivity index (χ1) is 21.7. The number of aromatic nitrogens is 1. The van der Waals surface area contributed by atoms with Crippen molar-refractivity contribution in [3.8, 4) is 17.2 Å². The van der Waals surface area contributed by atoms with E-state index in [4.69, 9.17) is 42.1 Å². The van der Waals surface area contributed by atoms with Crippen molar-refractivity contribution in [3.05, 3.63) is 80.7 Å². The number of sulfonamides is 1. The number of halogens is 4. The third kappa shape index (κ3) is 10.2. The molecule has 0 unspecified atom stereocenters. The van der Waals surface area contributed by atoms with E-state index >= 15 is 0 Å². The summed E-state index contributed by atoms with van der Waals surface area (Å²) < 4.78 is 78.3. The van der Waals surface area contributed by atoms with Crippen molar-refractivity contribution in [1.82, 2.24) is 0 Å². The number of esters is 2. The highest BCUT2D eigenvalue weighted by atomic mass is 35.5. The molecule has 46 heavy (non-hydrogen) atoms. The van der Waals surface area contributed by atoms with Gasteiger partial charge in [-0.15, -0.1) is 0 Å². The van der Waals surface area contributed by atoms with E-state index in [1.54, 1.807) is 0 Å². The van der Waals surface area contributed by atoms with Gasteiger partial charge in [-0.1, -0.05) is 29.3 Å². The molecule has 0 bridgehead atoms. The van der Waals surface area contributed by atoms with Crippen molar-refractivity contribution in [2.24, 2.45) is 5.92 Å². The van der Waals surface area contributed by atoms with Gasteiger partial charge in [0.2, 0.25) is 10.0 Å². The molecule has 0 saturated heterocycles. The number of benzene rings is 2. The molecule has 248 valence electrons. The Bertz CT molecular complexity index is 1680. The Morgan fingerprint density at radius 1 is 1.09 bits per heavy atom.